The monoisotopic (exact) mass is 452 g/mol. The van der Waals surface area contributed by atoms with E-state index >= 15 is 0 Å². The Bertz CT molecular complexity index is 1120. The molecule has 0 atom stereocenters. The first-order valence-electron chi connectivity index (χ1n) is 7.46. The molecule has 0 radical (unpaired) electrons. The molecule has 1 aromatic carbocycles. The number of carbonyl (C=O) groups excluding carboxylic acids is 1. The van der Waals surface area contributed by atoms with Crippen LogP contribution in [0, 0.1) is 12.7 Å². The van der Waals surface area contributed by atoms with E-state index in [1.54, 1.807) is 19.1 Å². The number of esters is 1. The fourth-order valence-electron chi connectivity index (χ4n) is 2.48. The molecule has 4 aromatic rings. The van der Waals surface area contributed by atoms with E-state index in [-0.39, 0.29) is 18.3 Å². The molecule has 5 nitrogen and oxygen atoms in total. The number of aromatic nitrogens is 2. The van der Waals surface area contributed by atoms with Crippen molar-refractivity contribution >= 4 is 54.7 Å². The highest BCUT2D eigenvalue weighted by Crippen LogP contribution is 2.33. The van der Waals surface area contributed by atoms with Gasteiger partial charge in [-0.25, -0.2) is 9.18 Å². The Morgan fingerprint density at radius 1 is 1.27 bits per heavy atom. The molecule has 3 aromatic heterocycles. The molecule has 0 fully saturated rings. The van der Waals surface area contributed by atoms with Gasteiger partial charge in [-0.15, -0.1) is 32.9 Å². The van der Waals surface area contributed by atoms with E-state index < -0.39 is 5.97 Å². The summed E-state index contributed by atoms with van der Waals surface area (Å²) in [5, 5.41) is 8.29. The summed E-state index contributed by atoms with van der Waals surface area (Å²) in [4.78, 5) is 13.6. The molecular formula is C17H10BrFN2O3S2. The predicted octanol–water partition coefficient (Wildman–Crippen LogP) is 5.58. The first-order chi connectivity index (χ1) is 12.5. The third-order valence-electron chi connectivity index (χ3n) is 3.67. The molecule has 9 heteroatoms. The van der Waals surface area contributed by atoms with Crippen LogP contribution in [0.4, 0.5) is 4.39 Å². The quantitative estimate of drug-likeness (QED) is 0.378. The maximum atomic E-state index is 14.0. The second-order valence-corrected chi connectivity index (χ2v) is 8.87. The van der Waals surface area contributed by atoms with E-state index in [2.05, 4.69) is 26.1 Å². The molecule has 4 rings (SSSR count). The summed E-state index contributed by atoms with van der Waals surface area (Å²) in [6.07, 6.45) is 0. The Morgan fingerprint density at radius 2 is 2.12 bits per heavy atom. The van der Waals surface area contributed by atoms with Crippen LogP contribution in [0.25, 0.3) is 20.9 Å². The normalized spacial score (nSPS) is 11.2. The van der Waals surface area contributed by atoms with E-state index in [1.807, 2.05) is 12.1 Å². The highest BCUT2D eigenvalue weighted by Gasteiger charge is 2.20. The number of thiophene rings is 2. The Labute approximate surface area is 163 Å². The average molecular weight is 453 g/mol. The van der Waals surface area contributed by atoms with Crippen molar-refractivity contribution < 1.29 is 18.3 Å². The molecule has 3 heterocycles. The van der Waals surface area contributed by atoms with Crippen LogP contribution in [0.1, 0.15) is 21.1 Å². The molecule has 0 unspecified atom stereocenters. The van der Waals surface area contributed by atoms with Crippen molar-refractivity contribution in [1.82, 2.24) is 10.2 Å². The zero-order valence-corrected chi connectivity index (χ0v) is 16.5. The molecule has 0 saturated heterocycles. The summed E-state index contributed by atoms with van der Waals surface area (Å²) in [7, 11) is 0. The highest BCUT2D eigenvalue weighted by molar-refractivity contribution is 9.11. The number of hydrogen-bond donors (Lipinski definition) is 0. The number of nitrogens with zero attached hydrogens (tertiary/aromatic N) is 2. The van der Waals surface area contributed by atoms with Gasteiger partial charge in [-0.2, -0.15) is 0 Å². The van der Waals surface area contributed by atoms with Crippen molar-refractivity contribution in [2.75, 3.05) is 0 Å². The zero-order chi connectivity index (χ0) is 18.3. The van der Waals surface area contributed by atoms with Crippen molar-refractivity contribution in [3.8, 4) is 10.8 Å². The maximum absolute atomic E-state index is 14.0. The lowest BCUT2D eigenvalue weighted by Crippen LogP contribution is -2.05. The molecule has 26 heavy (non-hydrogen) atoms. The van der Waals surface area contributed by atoms with Gasteiger partial charge < -0.3 is 9.15 Å². The fourth-order valence-corrected chi connectivity index (χ4v) is 4.91. The Kier molecular flexibility index (Phi) is 4.60. The standard InChI is InChI=1S/C17H10BrFN2O3S2/c1-8-14-9(19)3-2-4-10(14)26-15(8)17(22)23-7-13-20-21-16(24-13)11-5-6-12(18)25-11/h2-6H,7H2,1H3. The van der Waals surface area contributed by atoms with Crippen LogP contribution in [0.2, 0.25) is 0 Å². The number of rotatable bonds is 4. The zero-order valence-electron chi connectivity index (χ0n) is 13.3. The highest BCUT2D eigenvalue weighted by atomic mass is 79.9. The second kappa shape index (κ2) is 6.90. The molecule has 0 bridgehead atoms. The summed E-state index contributed by atoms with van der Waals surface area (Å²) in [5.74, 6) is -0.324. The number of hydrogen-bond acceptors (Lipinski definition) is 7. The average Bonchev–Trinajstić information content (AvgIpc) is 3.32. The third kappa shape index (κ3) is 3.17. The van der Waals surface area contributed by atoms with Crippen molar-refractivity contribution in [3.63, 3.8) is 0 Å². The number of aryl methyl sites for hydroxylation is 1. The van der Waals surface area contributed by atoms with Crippen molar-refractivity contribution in [1.29, 1.82) is 0 Å². The van der Waals surface area contributed by atoms with Gasteiger partial charge in [0.05, 0.1) is 8.66 Å². The summed E-state index contributed by atoms with van der Waals surface area (Å²) in [6, 6.07) is 8.50. The summed E-state index contributed by atoms with van der Waals surface area (Å²) in [5.41, 5.74) is 0.572. The minimum atomic E-state index is -0.540. The van der Waals surface area contributed by atoms with Crippen LogP contribution in [0.5, 0.6) is 0 Å². The third-order valence-corrected chi connectivity index (χ3v) is 6.51. The lowest BCUT2D eigenvalue weighted by Gasteiger charge is -2.01. The fraction of sp³-hybridized carbons (Fsp3) is 0.118. The van der Waals surface area contributed by atoms with Crippen molar-refractivity contribution in [2.45, 2.75) is 13.5 Å². The van der Waals surface area contributed by atoms with Gasteiger partial charge in [-0.1, -0.05) is 6.07 Å². The van der Waals surface area contributed by atoms with E-state index in [9.17, 15) is 9.18 Å². The van der Waals surface area contributed by atoms with E-state index in [4.69, 9.17) is 9.15 Å². The van der Waals surface area contributed by atoms with Gasteiger partial charge in [0.25, 0.3) is 11.8 Å². The molecule has 0 saturated carbocycles. The van der Waals surface area contributed by atoms with Gasteiger partial charge in [0, 0.05) is 10.1 Å². The topological polar surface area (TPSA) is 65.2 Å². The maximum Gasteiger partial charge on any atom is 0.349 e. The van der Waals surface area contributed by atoms with Gasteiger partial charge in [-0.05, 0) is 52.7 Å². The Balaban J connectivity index is 1.50. The largest absolute Gasteiger partial charge is 0.451 e. The number of halogens is 2. The molecule has 0 aliphatic rings. The van der Waals surface area contributed by atoms with Crippen LogP contribution < -0.4 is 0 Å². The predicted molar refractivity (Wildman–Crippen MR) is 101 cm³/mol. The summed E-state index contributed by atoms with van der Waals surface area (Å²) in [6.45, 7) is 1.56. The summed E-state index contributed by atoms with van der Waals surface area (Å²) < 4.78 is 26.4. The molecule has 0 N–H and O–H groups in total. The smallest absolute Gasteiger partial charge is 0.349 e. The van der Waals surface area contributed by atoms with Gasteiger partial charge >= 0.3 is 5.97 Å². The lowest BCUT2D eigenvalue weighted by molar-refractivity contribution is 0.0444. The van der Waals surface area contributed by atoms with Crippen LogP contribution in [0.15, 0.2) is 38.5 Å². The number of carbonyl (C=O) groups is 1. The van der Waals surface area contributed by atoms with Gasteiger partial charge in [-0.3, -0.25) is 0 Å². The second-order valence-electron chi connectivity index (χ2n) is 5.35. The van der Waals surface area contributed by atoms with E-state index in [0.717, 1.165) is 8.66 Å². The summed E-state index contributed by atoms with van der Waals surface area (Å²) >= 11 is 6.03. The van der Waals surface area contributed by atoms with Crippen molar-refractivity contribution in [2.24, 2.45) is 0 Å². The minimum Gasteiger partial charge on any atom is -0.451 e. The van der Waals surface area contributed by atoms with Gasteiger partial charge in [0.2, 0.25) is 0 Å². The lowest BCUT2D eigenvalue weighted by atomic mass is 10.1. The van der Waals surface area contributed by atoms with Crippen LogP contribution in [-0.2, 0) is 11.3 Å². The SMILES string of the molecule is Cc1c(C(=O)OCc2nnc(-c3ccc(Br)s3)o2)sc2cccc(F)c12. The van der Waals surface area contributed by atoms with Crippen LogP contribution >= 0.6 is 38.6 Å². The van der Waals surface area contributed by atoms with Crippen LogP contribution in [0.3, 0.4) is 0 Å². The molecule has 0 aliphatic heterocycles. The molecule has 0 spiro atoms. The van der Waals surface area contributed by atoms with E-state index in [0.29, 0.717) is 26.4 Å². The molecular weight excluding hydrogens is 443 g/mol. The first-order valence-corrected chi connectivity index (χ1v) is 9.88. The Hall–Kier alpha value is -2.10. The van der Waals surface area contributed by atoms with Crippen LogP contribution in [-0.4, -0.2) is 16.2 Å². The molecule has 132 valence electrons. The number of fused-ring (bicyclic) bond motifs is 1. The number of ether oxygens (including phenoxy) is 1. The van der Waals surface area contributed by atoms with Gasteiger partial charge in [0.15, 0.2) is 6.61 Å². The molecule has 0 amide bonds. The number of benzene rings is 1. The Morgan fingerprint density at radius 3 is 2.85 bits per heavy atom. The first kappa shape index (κ1) is 17.3. The minimum absolute atomic E-state index is 0.144. The van der Waals surface area contributed by atoms with Gasteiger partial charge in [0.1, 0.15) is 10.7 Å². The van der Waals surface area contributed by atoms with Crippen molar-refractivity contribution in [3.05, 3.63) is 56.3 Å². The molecule has 0 aliphatic carbocycles. The van der Waals surface area contributed by atoms with E-state index in [1.165, 1.54) is 28.7 Å².